The van der Waals surface area contributed by atoms with Crippen LogP contribution in [0.3, 0.4) is 0 Å². The number of carbonyl (C=O) groups excluding carboxylic acids is 2. The van der Waals surface area contributed by atoms with Crippen LogP contribution in [0.1, 0.15) is 40.5 Å². The standard InChI is InChI=1S/C15H23NO2/c1-6-9-14(17)16-13(8-3)10-12(7-2)15(18)11(4)5/h7-8,10-11H,3,6,9H2,1-2,4-5H3,(H,16,17)/b12-7+,13-10+. The lowest BCUT2D eigenvalue weighted by molar-refractivity contribution is -0.120. The average Bonchev–Trinajstić information content (AvgIpc) is 2.33. The Morgan fingerprint density at radius 3 is 2.33 bits per heavy atom. The molecule has 18 heavy (non-hydrogen) atoms. The van der Waals surface area contributed by atoms with Crippen molar-refractivity contribution in [3.8, 4) is 0 Å². The molecule has 0 aliphatic rings. The first-order chi connectivity index (χ1) is 8.46. The highest BCUT2D eigenvalue weighted by Gasteiger charge is 2.11. The summed E-state index contributed by atoms with van der Waals surface area (Å²) in [5, 5.41) is 2.74. The van der Waals surface area contributed by atoms with Gasteiger partial charge in [0.2, 0.25) is 5.91 Å². The third-order valence-electron chi connectivity index (χ3n) is 2.41. The predicted octanol–water partition coefficient (Wildman–Crippen LogP) is 3.14. The van der Waals surface area contributed by atoms with Gasteiger partial charge in [0.1, 0.15) is 0 Å². The molecular weight excluding hydrogens is 226 g/mol. The number of amides is 1. The van der Waals surface area contributed by atoms with Gasteiger partial charge in [-0.2, -0.15) is 0 Å². The van der Waals surface area contributed by atoms with E-state index in [1.54, 1.807) is 25.2 Å². The van der Waals surface area contributed by atoms with Gasteiger partial charge in [-0.15, -0.1) is 0 Å². The van der Waals surface area contributed by atoms with Crippen LogP contribution < -0.4 is 5.32 Å². The third kappa shape index (κ3) is 5.62. The van der Waals surface area contributed by atoms with Crippen LogP contribution in [-0.2, 0) is 9.59 Å². The predicted molar refractivity (Wildman–Crippen MR) is 74.9 cm³/mol. The monoisotopic (exact) mass is 249 g/mol. The van der Waals surface area contributed by atoms with E-state index < -0.39 is 0 Å². The van der Waals surface area contributed by atoms with Crippen LogP contribution in [0.4, 0.5) is 0 Å². The van der Waals surface area contributed by atoms with Crippen LogP contribution in [0.15, 0.2) is 36.1 Å². The molecule has 0 aromatic rings. The van der Waals surface area contributed by atoms with Crippen LogP contribution in [0.5, 0.6) is 0 Å². The highest BCUT2D eigenvalue weighted by Crippen LogP contribution is 2.10. The minimum absolute atomic E-state index is 0.0570. The molecule has 3 nitrogen and oxygen atoms in total. The van der Waals surface area contributed by atoms with Crippen molar-refractivity contribution in [1.29, 1.82) is 0 Å². The summed E-state index contributed by atoms with van der Waals surface area (Å²) in [5.41, 5.74) is 1.16. The van der Waals surface area contributed by atoms with Gasteiger partial charge in [-0.25, -0.2) is 0 Å². The second-order valence-corrected chi connectivity index (χ2v) is 4.36. The van der Waals surface area contributed by atoms with E-state index in [0.29, 0.717) is 17.7 Å². The number of carbonyl (C=O) groups is 2. The van der Waals surface area contributed by atoms with Crippen molar-refractivity contribution in [2.45, 2.75) is 40.5 Å². The number of nitrogens with one attached hydrogen (secondary N) is 1. The molecule has 0 aromatic carbocycles. The van der Waals surface area contributed by atoms with Gasteiger partial charge in [-0.05, 0) is 25.5 Å². The molecule has 0 aliphatic heterocycles. The molecule has 0 aliphatic carbocycles. The molecule has 0 fully saturated rings. The fraction of sp³-hybridized carbons (Fsp3) is 0.467. The van der Waals surface area contributed by atoms with Crippen molar-refractivity contribution >= 4 is 11.7 Å². The van der Waals surface area contributed by atoms with Crippen molar-refractivity contribution < 1.29 is 9.59 Å². The Balaban J connectivity index is 4.92. The first-order valence-electron chi connectivity index (χ1n) is 6.30. The van der Waals surface area contributed by atoms with Gasteiger partial charge in [0.05, 0.1) is 0 Å². The van der Waals surface area contributed by atoms with Crippen LogP contribution in [0, 0.1) is 5.92 Å². The molecule has 0 aromatic heterocycles. The van der Waals surface area contributed by atoms with E-state index >= 15 is 0 Å². The lowest BCUT2D eigenvalue weighted by Gasteiger charge is -2.08. The highest BCUT2D eigenvalue weighted by molar-refractivity contribution is 5.99. The Morgan fingerprint density at radius 2 is 1.94 bits per heavy atom. The Morgan fingerprint density at radius 1 is 1.33 bits per heavy atom. The molecule has 100 valence electrons. The molecular formula is C15H23NO2. The van der Waals surface area contributed by atoms with Crippen molar-refractivity contribution in [3.63, 3.8) is 0 Å². The Bertz CT molecular complexity index is 376. The van der Waals surface area contributed by atoms with E-state index in [-0.39, 0.29) is 17.6 Å². The minimum atomic E-state index is -0.0649. The van der Waals surface area contributed by atoms with Gasteiger partial charge in [0.15, 0.2) is 5.78 Å². The van der Waals surface area contributed by atoms with Crippen LogP contribution in [-0.4, -0.2) is 11.7 Å². The fourth-order valence-electron chi connectivity index (χ4n) is 1.39. The number of allylic oxidation sites excluding steroid dienone is 4. The SMILES string of the molecule is C=C/C(=C\C(=C/C)C(=O)C(C)C)NC(=O)CCC. The Kier molecular flexibility index (Phi) is 7.68. The number of rotatable bonds is 7. The number of ketones is 1. The maximum atomic E-state index is 11.9. The summed E-state index contributed by atoms with van der Waals surface area (Å²) in [4.78, 5) is 23.4. The molecule has 0 bridgehead atoms. The summed E-state index contributed by atoms with van der Waals surface area (Å²) in [6.45, 7) is 11.1. The lowest BCUT2D eigenvalue weighted by atomic mass is 10.00. The Labute approximate surface area is 110 Å². The van der Waals surface area contributed by atoms with Gasteiger partial charge < -0.3 is 5.32 Å². The van der Waals surface area contributed by atoms with Gasteiger partial charge in [-0.1, -0.05) is 33.4 Å². The second-order valence-electron chi connectivity index (χ2n) is 4.36. The maximum Gasteiger partial charge on any atom is 0.224 e. The number of Topliss-reactive ketones (excluding diaryl/α,β-unsaturated/α-hetero) is 1. The highest BCUT2D eigenvalue weighted by atomic mass is 16.1. The fourth-order valence-corrected chi connectivity index (χ4v) is 1.39. The third-order valence-corrected chi connectivity index (χ3v) is 2.41. The summed E-state index contributed by atoms with van der Waals surface area (Å²) >= 11 is 0. The summed E-state index contributed by atoms with van der Waals surface area (Å²) in [5.74, 6) is -0.0671. The zero-order chi connectivity index (χ0) is 14.1. The quantitative estimate of drug-likeness (QED) is 0.556. The Hall–Kier alpha value is -1.64. The molecule has 0 rings (SSSR count). The summed E-state index contributed by atoms with van der Waals surface area (Å²) in [6.07, 6.45) is 6.22. The molecule has 0 saturated heterocycles. The van der Waals surface area contributed by atoms with Crippen LogP contribution in [0.25, 0.3) is 0 Å². The summed E-state index contributed by atoms with van der Waals surface area (Å²) in [6, 6.07) is 0. The van der Waals surface area contributed by atoms with E-state index in [2.05, 4.69) is 11.9 Å². The van der Waals surface area contributed by atoms with Crippen LogP contribution in [0.2, 0.25) is 0 Å². The summed E-state index contributed by atoms with van der Waals surface area (Å²) in [7, 11) is 0. The molecule has 0 heterocycles. The molecule has 3 heteroatoms. The van der Waals surface area contributed by atoms with Gasteiger partial charge in [-0.3, -0.25) is 9.59 Å². The zero-order valence-electron chi connectivity index (χ0n) is 11.7. The van der Waals surface area contributed by atoms with Crippen molar-refractivity contribution in [2.75, 3.05) is 0 Å². The van der Waals surface area contributed by atoms with Gasteiger partial charge >= 0.3 is 0 Å². The molecule has 0 radical (unpaired) electrons. The van der Waals surface area contributed by atoms with Crippen LogP contribution >= 0.6 is 0 Å². The normalized spacial score (nSPS) is 12.5. The van der Waals surface area contributed by atoms with E-state index in [1.165, 1.54) is 0 Å². The minimum Gasteiger partial charge on any atom is -0.326 e. The average molecular weight is 249 g/mol. The summed E-state index contributed by atoms with van der Waals surface area (Å²) < 4.78 is 0. The largest absolute Gasteiger partial charge is 0.326 e. The topological polar surface area (TPSA) is 46.2 Å². The van der Waals surface area contributed by atoms with Gasteiger partial charge in [0.25, 0.3) is 0 Å². The second kappa shape index (κ2) is 8.45. The van der Waals surface area contributed by atoms with Crippen molar-refractivity contribution in [3.05, 3.63) is 36.1 Å². The number of hydrogen-bond acceptors (Lipinski definition) is 2. The van der Waals surface area contributed by atoms with Crippen molar-refractivity contribution in [2.24, 2.45) is 5.92 Å². The number of hydrogen-bond donors (Lipinski definition) is 1. The molecule has 0 unspecified atom stereocenters. The maximum absolute atomic E-state index is 11.9. The van der Waals surface area contributed by atoms with E-state index in [9.17, 15) is 9.59 Å². The first kappa shape index (κ1) is 16.4. The smallest absolute Gasteiger partial charge is 0.224 e. The molecule has 1 N–H and O–H groups in total. The molecule has 0 atom stereocenters. The first-order valence-corrected chi connectivity index (χ1v) is 6.30. The van der Waals surface area contributed by atoms with Gasteiger partial charge in [0, 0.05) is 23.6 Å². The van der Waals surface area contributed by atoms with E-state index in [4.69, 9.17) is 0 Å². The lowest BCUT2D eigenvalue weighted by Crippen LogP contribution is -2.22. The van der Waals surface area contributed by atoms with E-state index in [0.717, 1.165) is 6.42 Å². The molecule has 0 spiro atoms. The molecule has 1 amide bonds. The zero-order valence-corrected chi connectivity index (χ0v) is 11.7. The van der Waals surface area contributed by atoms with E-state index in [1.807, 2.05) is 20.8 Å². The molecule has 0 saturated carbocycles. The van der Waals surface area contributed by atoms with Crippen molar-refractivity contribution in [1.82, 2.24) is 5.32 Å².